The van der Waals surface area contributed by atoms with Crippen LogP contribution in [0.1, 0.15) is 25.5 Å². The second kappa shape index (κ2) is 6.12. The summed E-state index contributed by atoms with van der Waals surface area (Å²) in [6, 6.07) is 5.01. The van der Waals surface area contributed by atoms with Crippen molar-refractivity contribution in [3.63, 3.8) is 0 Å². The Balaban J connectivity index is 2.24. The van der Waals surface area contributed by atoms with E-state index in [4.69, 9.17) is 5.73 Å². The molecule has 1 aliphatic heterocycles. The average Bonchev–Trinajstić information content (AvgIpc) is 2.31. The number of benzene rings is 1. The number of hydrogen-bond acceptors (Lipinski definition) is 3. The first-order valence-electron chi connectivity index (χ1n) is 6.46. The topological polar surface area (TPSA) is 29.3 Å². The van der Waals surface area contributed by atoms with E-state index >= 15 is 0 Å². The van der Waals surface area contributed by atoms with Crippen molar-refractivity contribution in [2.75, 3.05) is 25.4 Å². The summed E-state index contributed by atoms with van der Waals surface area (Å²) >= 11 is 5.46. The van der Waals surface area contributed by atoms with Gasteiger partial charge < -0.3 is 5.73 Å². The van der Waals surface area contributed by atoms with Crippen LogP contribution >= 0.6 is 27.7 Å². The molecule has 0 radical (unpaired) electrons. The van der Waals surface area contributed by atoms with Gasteiger partial charge in [-0.3, -0.25) is 4.90 Å². The van der Waals surface area contributed by atoms with E-state index in [1.807, 2.05) is 17.8 Å². The van der Waals surface area contributed by atoms with Crippen molar-refractivity contribution in [1.29, 1.82) is 0 Å². The van der Waals surface area contributed by atoms with Crippen LogP contribution in [0.3, 0.4) is 0 Å². The standard InChI is InChI=1S/C14H20BrFN2S/c1-14(2)9-18(5-6-19-14)13(8-17)11-4-3-10(16)7-12(11)15/h3-4,7,13H,5-6,8-9,17H2,1-2H3. The van der Waals surface area contributed by atoms with E-state index in [-0.39, 0.29) is 16.6 Å². The van der Waals surface area contributed by atoms with E-state index in [9.17, 15) is 4.39 Å². The molecule has 1 heterocycles. The molecule has 1 atom stereocenters. The first-order valence-corrected chi connectivity index (χ1v) is 8.24. The second-order valence-corrected chi connectivity index (χ2v) is 8.15. The Morgan fingerprint density at radius 2 is 2.26 bits per heavy atom. The molecule has 0 bridgehead atoms. The van der Waals surface area contributed by atoms with Gasteiger partial charge in [0, 0.05) is 40.6 Å². The maximum absolute atomic E-state index is 13.2. The lowest BCUT2D eigenvalue weighted by atomic mass is 10.0. The zero-order valence-corrected chi connectivity index (χ0v) is 13.7. The monoisotopic (exact) mass is 346 g/mol. The van der Waals surface area contributed by atoms with Crippen LogP contribution in [0.5, 0.6) is 0 Å². The lowest BCUT2D eigenvalue weighted by Crippen LogP contribution is -2.46. The highest BCUT2D eigenvalue weighted by Gasteiger charge is 2.31. The molecule has 0 amide bonds. The summed E-state index contributed by atoms with van der Waals surface area (Å²) in [6.45, 7) is 7.10. The third-order valence-corrected chi connectivity index (χ3v) is 5.42. The zero-order chi connectivity index (χ0) is 14.0. The van der Waals surface area contributed by atoms with Crippen LogP contribution in [-0.2, 0) is 0 Å². The van der Waals surface area contributed by atoms with Crippen molar-refractivity contribution in [2.24, 2.45) is 5.73 Å². The highest BCUT2D eigenvalue weighted by Crippen LogP contribution is 2.35. The Morgan fingerprint density at radius 3 is 2.84 bits per heavy atom. The molecule has 5 heteroatoms. The molecule has 19 heavy (non-hydrogen) atoms. The van der Waals surface area contributed by atoms with Gasteiger partial charge >= 0.3 is 0 Å². The van der Waals surface area contributed by atoms with Crippen molar-refractivity contribution >= 4 is 27.7 Å². The molecule has 106 valence electrons. The van der Waals surface area contributed by atoms with Crippen LogP contribution < -0.4 is 5.73 Å². The fraction of sp³-hybridized carbons (Fsp3) is 0.571. The average molecular weight is 347 g/mol. The molecular weight excluding hydrogens is 327 g/mol. The van der Waals surface area contributed by atoms with Gasteiger partial charge in [0.15, 0.2) is 0 Å². The normalized spacial score (nSPS) is 21.3. The van der Waals surface area contributed by atoms with Crippen LogP contribution in [-0.4, -0.2) is 35.0 Å². The summed E-state index contributed by atoms with van der Waals surface area (Å²) in [7, 11) is 0. The Kier molecular flexibility index (Phi) is 4.93. The van der Waals surface area contributed by atoms with E-state index in [1.54, 1.807) is 0 Å². The summed E-state index contributed by atoms with van der Waals surface area (Å²) < 4.78 is 14.3. The molecule has 0 aromatic heterocycles. The predicted molar refractivity (Wildman–Crippen MR) is 84.0 cm³/mol. The molecule has 1 fully saturated rings. The highest BCUT2D eigenvalue weighted by atomic mass is 79.9. The minimum atomic E-state index is -0.221. The van der Waals surface area contributed by atoms with Gasteiger partial charge in [-0.1, -0.05) is 22.0 Å². The number of halogens is 2. The van der Waals surface area contributed by atoms with Crippen LogP contribution in [0.25, 0.3) is 0 Å². The minimum Gasteiger partial charge on any atom is -0.329 e. The molecule has 1 aromatic rings. The Bertz CT molecular complexity index is 453. The summed E-state index contributed by atoms with van der Waals surface area (Å²) in [5.74, 6) is 0.892. The van der Waals surface area contributed by atoms with Gasteiger partial charge in [0.25, 0.3) is 0 Å². The van der Waals surface area contributed by atoms with Gasteiger partial charge in [0.1, 0.15) is 5.82 Å². The van der Waals surface area contributed by atoms with Gasteiger partial charge in [-0.05, 0) is 31.5 Å². The molecule has 2 rings (SSSR count). The van der Waals surface area contributed by atoms with Crippen LogP contribution in [0, 0.1) is 5.82 Å². The predicted octanol–water partition coefficient (Wildman–Crippen LogP) is 3.42. The lowest BCUT2D eigenvalue weighted by molar-refractivity contribution is 0.191. The van der Waals surface area contributed by atoms with Crippen molar-refractivity contribution in [2.45, 2.75) is 24.6 Å². The van der Waals surface area contributed by atoms with E-state index in [2.05, 4.69) is 34.7 Å². The summed E-state index contributed by atoms with van der Waals surface area (Å²) in [6.07, 6.45) is 0. The zero-order valence-electron chi connectivity index (χ0n) is 11.3. The van der Waals surface area contributed by atoms with Crippen molar-refractivity contribution in [1.82, 2.24) is 4.90 Å². The maximum Gasteiger partial charge on any atom is 0.124 e. The number of nitrogens with two attached hydrogens (primary N) is 1. The summed E-state index contributed by atoms with van der Waals surface area (Å²) in [5.41, 5.74) is 7.04. The van der Waals surface area contributed by atoms with Crippen molar-refractivity contribution in [3.8, 4) is 0 Å². The Morgan fingerprint density at radius 1 is 1.53 bits per heavy atom. The molecule has 1 unspecified atom stereocenters. The number of rotatable bonds is 3. The molecule has 2 N–H and O–H groups in total. The van der Waals surface area contributed by atoms with E-state index in [0.717, 1.165) is 28.9 Å². The Labute approximate surface area is 127 Å². The lowest BCUT2D eigenvalue weighted by Gasteiger charge is -2.42. The van der Waals surface area contributed by atoms with Crippen LogP contribution in [0.2, 0.25) is 0 Å². The largest absolute Gasteiger partial charge is 0.329 e. The van der Waals surface area contributed by atoms with Gasteiger partial charge in [-0.15, -0.1) is 0 Å². The summed E-state index contributed by atoms with van der Waals surface area (Å²) in [4.78, 5) is 2.41. The van der Waals surface area contributed by atoms with Gasteiger partial charge in [-0.25, -0.2) is 4.39 Å². The van der Waals surface area contributed by atoms with Gasteiger partial charge in [-0.2, -0.15) is 11.8 Å². The third kappa shape index (κ3) is 3.72. The molecular formula is C14H20BrFN2S. The minimum absolute atomic E-state index is 0.148. The number of hydrogen-bond donors (Lipinski definition) is 1. The van der Waals surface area contributed by atoms with E-state index < -0.39 is 0 Å². The fourth-order valence-electron chi connectivity index (χ4n) is 2.56. The van der Waals surface area contributed by atoms with Crippen LogP contribution in [0.4, 0.5) is 4.39 Å². The SMILES string of the molecule is CC1(C)CN(C(CN)c2ccc(F)cc2Br)CCS1. The molecule has 0 aliphatic carbocycles. The molecule has 0 saturated carbocycles. The molecule has 1 aromatic carbocycles. The molecule has 2 nitrogen and oxygen atoms in total. The first kappa shape index (κ1) is 15.3. The quantitative estimate of drug-likeness (QED) is 0.909. The van der Waals surface area contributed by atoms with E-state index in [1.165, 1.54) is 12.1 Å². The van der Waals surface area contributed by atoms with Gasteiger partial charge in [0.05, 0.1) is 0 Å². The molecule has 1 saturated heterocycles. The fourth-order valence-corrected chi connectivity index (χ4v) is 4.31. The van der Waals surface area contributed by atoms with E-state index in [0.29, 0.717) is 6.54 Å². The second-order valence-electron chi connectivity index (χ2n) is 5.50. The van der Waals surface area contributed by atoms with Crippen molar-refractivity contribution < 1.29 is 4.39 Å². The summed E-state index contributed by atoms with van der Waals surface area (Å²) in [5, 5.41) is 0. The third-order valence-electron chi connectivity index (χ3n) is 3.44. The maximum atomic E-state index is 13.2. The van der Waals surface area contributed by atoms with Crippen molar-refractivity contribution in [3.05, 3.63) is 34.1 Å². The van der Waals surface area contributed by atoms with Gasteiger partial charge in [0.2, 0.25) is 0 Å². The highest BCUT2D eigenvalue weighted by molar-refractivity contribution is 9.10. The smallest absolute Gasteiger partial charge is 0.124 e. The molecule has 0 spiro atoms. The number of nitrogens with zero attached hydrogens (tertiary/aromatic N) is 1. The number of thioether (sulfide) groups is 1. The molecule has 1 aliphatic rings. The Hall–Kier alpha value is -0.100. The van der Waals surface area contributed by atoms with Crippen LogP contribution in [0.15, 0.2) is 22.7 Å². The first-order chi connectivity index (χ1) is 8.93.